The SMILES string of the molecule is CCCNC(=NCC(=O)N(C)C)NCCOCc1ccc(Cl)cc1Cl. The third-order valence-electron chi connectivity index (χ3n) is 3.23. The highest BCUT2D eigenvalue weighted by Crippen LogP contribution is 2.21. The van der Waals surface area contributed by atoms with Gasteiger partial charge in [0.25, 0.3) is 0 Å². The summed E-state index contributed by atoms with van der Waals surface area (Å²) in [5, 5.41) is 7.51. The fourth-order valence-corrected chi connectivity index (χ4v) is 2.23. The van der Waals surface area contributed by atoms with Gasteiger partial charge in [0.05, 0.1) is 13.2 Å². The third-order valence-corrected chi connectivity index (χ3v) is 3.81. The number of amides is 1. The Morgan fingerprint density at radius 2 is 1.96 bits per heavy atom. The lowest BCUT2D eigenvalue weighted by molar-refractivity contribution is -0.127. The molecule has 0 aromatic heterocycles. The molecule has 8 heteroatoms. The van der Waals surface area contributed by atoms with E-state index in [1.807, 2.05) is 6.07 Å². The van der Waals surface area contributed by atoms with Gasteiger partial charge in [-0.1, -0.05) is 36.2 Å². The summed E-state index contributed by atoms with van der Waals surface area (Å²) in [6.45, 7) is 4.40. The van der Waals surface area contributed by atoms with Gasteiger partial charge >= 0.3 is 0 Å². The second kappa shape index (κ2) is 12.0. The molecule has 0 spiro atoms. The fourth-order valence-electron chi connectivity index (χ4n) is 1.77. The minimum Gasteiger partial charge on any atom is -0.375 e. The summed E-state index contributed by atoms with van der Waals surface area (Å²) in [7, 11) is 3.42. The third kappa shape index (κ3) is 8.95. The number of nitrogens with one attached hydrogen (secondary N) is 2. The minimum absolute atomic E-state index is 0.0498. The van der Waals surface area contributed by atoms with Crippen LogP contribution in [0.5, 0.6) is 0 Å². The van der Waals surface area contributed by atoms with E-state index in [0.717, 1.165) is 18.5 Å². The van der Waals surface area contributed by atoms with E-state index in [-0.39, 0.29) is 12.5 Å². The molecule has 0 unspecified atom stereocenters. The number of ether oxygens (including phenoxy) is 1. The van der Waals surface area contributed by atoms with Gasteiger partial charge in [0, 0.05) is 37.2 Å². The predicted octanol–water partition coefficient (Wildman–Crippen LogP) is 2.54. The fraction of sp³-hybridized carbons (Fsp3) is 0.529. The van der Waals surface area contributed by atoms with Gasteiger partial charge in [0.1, 0.15) is 6.54 Å². The summed E-state index contributed by atoms with van der Waals surface area (Å²) in [5.74, 6) is 0.552. The molecule has 0 fully saturated rings. The molecule has 0 aliphatic heterocycles. The number of carbonyl (C=O) groups excluding carboxylic acids is 1. The summed E-state index contributed by atoms with van der Waals surface area (Å²) in [4.78, 5) is 17.4. The molecule has 0 saturated carbocycles. The molecule has 1 rings (SSSR count). The predicted molar refractivity (Wildman–Crippen MR) is 103 cm³/mol. The number of hydrogen-bond donors (Lipinski definition) is 2. The molecule has 1 aromatic rings. The van der Waals surface area contributed by atoms with Crippen molar-refractivity contribution in [1.29, 1.82) is 0 Å². The Hall–Kier alpha value is -1.50. The van der Waals surface area contributed by atoms with E-state index in [2.05, 4.69) is 22.5 Å². The number of rotatable bonds is 9. The molecule has 0 saturated heterocycles. The number of carbonyl (C=O) groups is 1. The van der Waals surface area contributed by atoms with E-state index >= 15 is 0 Å². The van der Waals surface area contributed by atoms with Gasteiger partial charge in [-0.25, -0.2) is 4.99 Å². The number of benzene rings is 1. The Labute approximate surface area is 159 Å². The van der Waals surface area contributed by atoms with Gasteiger partial charge < -0.3 is 20.3 Å². The van der Waals surface area contributed by atoms with Crippen molar-refractivity contribution < 1.29 is 9.53 Å². The summed E-state index contributed by atoms with van der Waals surface area (Å²) in [5.41, 5.74) is 0.889. The highest BCUT2D eigenvalue weighted by molar-refractivity contribution is 6.35. The van der Waals surface area contributed by atoms with Crippen LogP contribution < -0.4 is 10.6 Å². The molecule has 0 radical (unpaired) electrons. The zero-order valence-corrected chi connectivity index (χ0v) is 16.5. The van der Waals surface area contributed by atoms with Crippen LogP contribution in [-0.4, -0.2) is 57.1 Å². The molecule has 0 aliphatic rings. The number of hydrogen-bond acceptors (Lipinski definition) is 3. The van der Waals surface area contributed by atoms with Crippen LogP contribution in [0.2, 0.25) is 10.0 Å². The van der Waals surface area contributed by atoms with Gasteiger partial charge in [-0.2, -0.15) is 0 Å². The van der Waals surface area contributed by atoms with Gasteiger partial charge in [-0.05, 0) is 24.1 Å². The first-order chi connectivity index (χ1) is 11.9. The summed E-state index contributed by atoms with van der Waals surface area (Å²) >= 11 is 12.0. The minimum atomic E-state index is -0.0498. The molecule has 25 heavy (non-hydrogen) atoms. The van der Waals surface area contributed by atoms with Crippen molar-refractivity contribution in [2.24, 2.45) is 4.99 Å². The average Bonchev–Trinajstić information content (AvgIpc) is 2.57. The number of halogens is 2. The monoisotopic (exact) mass is 388 g/mol. The van der Waals surface area contributed by atoms with Gasteiger partial charge in [0.2, 0.25) is 5.91 Å². The quantitative estimate of drug-likeness (QED) is 0.387. The number of nitrogens with zero attached hydrogens (tertiary/aromatic N) is 2. The van der Waals surface area contributed by atoms with Gasteiger partial charge in [-0.3, -0.25) is 4.79 Å². The van der Waals surface area contributed by atoms with Crippen LogP contribution in [0.1, 0.15) is 18.9 Å². The molecule has 1 amide bonds. The van der Waals surface area contributed by atoms with Crippen molar-refractivity contribution in [3.05, 3.63) is 33.8 Å². The van der Waals surface area contributed by atoms with E-state index in [1.165, 1.54) is 4.90 Å². The molecule has 0 aliphatic carbocycles. The molecule has 1 aromatic carbocycles. The van der Waals surface area contributed by atoms with Crippen molar-refractivity contribution in [2.45, 2.75) is 20.0 Å². The number of guanidine groups is 1. The zero-order chi connectivity index (χ0) is 18.7. The van der Waals surface area contributed by atoms with Gasteiger partial charge in [-0.15, -0.1) is 0 Å². The first kappa shape index (κ1) is 21.5. The van der Waals surface area contributed by atoms with E-state index in [4.69, 9.17) is 27.9 Å². The van der Waals surface area contributed by atoms with E-state index < -0.39 is 0 Å². The van der Waals surface area contributed by atoms with E-state index in [0.29, 0.717) is 35.8 Å². The highest BCUT2D eigenvalue weighted by Gasteiger charge is 2.05. The molecular weight excluding hydrogens is 363 g/mol. The summed E-state index contributed by atoms with van der Waals surface area (Å²) in [6.07, 6.45) is 0.966. The number of aliphatic imine (C=N–C) groups is 1. The Morgan fingerprint density at radius 3 is 2.60 bits per heavy atom. The van der Waals surface area contributed by atoms with Crippen LogP contribution in [-0.2, 0) is 16.1 Å². The smallest absolute Gasteiger partial charge is 0.243 e. The van der Waals surface area contributed by atoms with Crippen LogP contribution in [0.4, 0.5) is 0 Å². The lowest BCUT2D eigenvalue weighted by Crippen LogP contribution is -2.40. The molecule has 0 atom stereocenters. The summed E-state index contributed by atoms with van der Waals surface area (Å²) in [6, 6.07) is 5.33. The van der Waals surface area contributed by atoms with Crippen LogP contribution in [0, 0.1) is 0 Å². The van der Waals surface area contributed by atoms with Crippen molar-refractivity contribution >= 4 is 35.1 Å². The maximum atomic E-state index is 11.6. The lowest BCUT2D eigenvalue weighted by Gasteiger charge is -2.13. The topological polar surface area (TPSA) is 66.0 Å². The number of likely N-dealkylation sites (N-methyl/N-ethyl adjacent to an activating group) is 1. The van der Waals surface area contributed by atoms with Crippen molar-refractivity contribution in [1.82, 2.24) is 15.5 Å². The van der Waals surface area contributed by atoms with E-state index in [9.17, 15) is 4.79 Å². The first-order valence-electron chi connectivity index (χ1n) is 8.18. The van der Waals surface area contributed by atoms with E-state index in [1.54, 1.807) is 26.2 Å². The normalized spacial score (nSPS) is 11.3. The first-order valence-corrected chi connectivity index (χ1v) is 8.93. The standard InChI is InChI=1S/C17H26Cl2N4O2/c1-4-7-20-17(22-11-16(24)23(2)3)21-8-9-25-12-13-5-6-14(18)10-15(13)19/h5-6,10H,4,7-9,11-12H2,1-3H3,(H2,20,21,22). The van der Waals surface area contributed by atoms with Crippen molar-refractivity contribution in [3.8, 4) is 0 Å². The Kier molecular flexibility index (Phi) is 10.3. The van der Waals surface area contributed by atoms with Crippen LogP contribution >= 0.6 is 23.2 Å². The van der Waals surface area contributed by atoms with Crippen molar-refractivity contribution in [2.75, 3.05) is 40.3 Å². The largest absolute Gasteiger partial charge is 0.375 e. The molecule has 2 N–H and O–H groups in total. The molecule has 140 valence electrons. The second-order valence-electron chi connectivity index (χ2n) is 5.59. The van der Waals surface area contributed by atoms with Gasteiger partial charge in [0.15, 0.2) is 5.96 Å². The Morgan fingerprint density at radius 1 is 1.24 bits per heavy atom. The Balaban J connectivity index is 2.38. The maximum absolute atomic E-state index is 11.6. The molecule has 6 nitrogen and oxygen atoms in total. The van der Waals surface area contributed by atoms with Crippen LogP contribution in [0.15, 0.2) is 23.2 Å². The van der Waals surface area contributed by atoms with Crippen molar-refractivity contribution in [3.63, 3.8) is 0 Å². The molecule has 0 bridgehead atoms. The molecular formula is C17H26Cl2N4O2. The summed E-state index contributed by atoms with van der Waals surface area (Å²) < 4.78 is 5.61. The lowest BCUT2D eigenvalue weighted by atomic mass is 10.2. The maximum Gasteiger partial charge on any atom is 0.243 e. The molecule has 0 heterocycles. The van der Waals surface area contributed by atoms with Crippen LogP contribution in [0.3, 0.4) is 0 Å². The average molecular weight is 389 g/mol. The van der Waals surface area contributed by atoms with Crippen LogP contribution in [0.25, 0.3) is 0 Å². The second-order valence-corrected chi connectivity index (χ2v) is 6.44. The zero-order valence-electron chi connectivity index (χ0n) is 14.9. The Bertz CT molecular complexity index is 580. The highest BCUT2D eigenvalue weighted by atomic mass is 35.5.